The van der Waals surface area contributed by atoms with Gasteiger partial charge in [-0.2, -0.15) is 5.10 Å². The molecule has 0 fully saturated rings. The number of nitrogens with zero attached hydrogens (tertiary/aromatic N) is 5. The maximum atomic E-state index is 10.1. The third-order valence-corrected chi connectivity index (χ3v) is 3.19. The molecular weight excluding hydrogens is 304 g/mol. The summed E-state index contributed by atoms with van der Waals surface area (Å²) in [7, 11) is 0. The molecule has 0 aliphatic carbocycles. The second-order valence-corrected chi connectivity index (χ2v) is 5.98. The Morgan fingerprint density at radius 3 is 2.42 bits per heavy atom. The quantitative estimate of drug-likeness (QED) is 0.466. The lowest BCUT2D eigenvalue weighted by Crippen LogP contribution is -2.11. The topological polar surface area (TPSA) is 82.3 Å². The van der Waals surface area contributed by atoms with Crippen LogP contribution < -0.4 is 0 Å². The molecule has 0 aliphatic rings. The first kappa shape index (κ1) is 16.9. The van der Waals surface area contributed by atoms with Crippen LogP contribution in [-0.4, -0.2) is 15.3 Å². The monoisotopic (exact) mass is 320 g/mol. The summed E-state index contributed by atoms with van der Waals surface area (Å²) in [5.74, 6) is -0.445. The van der Waals surface area contributed by atoms with Gasteiger partial charge in [-0.3, -0.25) is 5.10 Å². The van der Waals surface area contributed by atoms with Crippen molar-refractivity contribution >= 4 is 17.3 Å². The highest BCUT2D eigenvalue weighted by molar-refractivity contribution is 5.67. The van der Waals surface area contributed by atoms with Crippen molar-refractivity contribution in [3.63, 3.8) is 0 Å². The van der Waals surface area contributed by atoms with Crippen LogP contribution in [0, 0.1) is 13.1 Å². The molecule has 7 heteroatoms. The van der Waals surface area contributed by atoms with Crippen LogP contribution in [0.2, 0.25) is 0 Å². The SMILES string of the molecule is [C-]#[N+]C(/N=N/c1n[nH]c(C(C)(C)C)c1[N+]#[C-])=C(/O)c1ccccc1. The molecule has 0 aliphatic heterocycles. The van der Waals surface area contributed by atoms with E-state index in [1.807, 2.05) is 20.8 Å². The van der Waals surface area contributed by atoms with Gasteiger partial charge in [0.05, 0.1) is 6.57 Å². The summed E-state index contributed by atoms with van der Waals surface area (Å²) in [4.78, 5) is 6.64. The Bertz CT molecular complexity index is 873. The van der Waals surface area contributed by atoms with Crippen LogP contribution in [0.5, 0.6) is 0 Å². The van der Waals surface area contributed by atoms with Crippen molar-refractivity contribution in [3.8, 4) is 0 Å². The average Bonchev–Trinajstić information content (AvgIpc) is 2.99. The Hall–Kier alpha value is -3.45. The first-order chi connectivity index (χ1) is 11.4. The molecule has 0 amide bonds. The number of nitrogens with one attached hydrogen (secondary N) is 1. The van der Waals surface area contributed by atoms with Crippen LogP contribution >= 0.6 is 0 Å². The van der Waals surface area contributed by atoms with Gasteiger partial charge in [0.1, 0.15) is 0 Å². The van der Waals surface area contributed by atoms with Gasteiger partial charge in [0, 0.05) is 16.4 Å². The van der Waals surface area contributed by atoms with Crippen LogP contribution in [0.15, 0.2) is 46.4 Å². The van der Waals surface area contributed by atoms with E-state index in [-0.39, 0.29) is 28.5 Å². The van der Waals surface area contributed by atoms with Gasteiger partial charge in [-0.15, -0.1) is 0 Å². The summed E-state index contributed by atoms with van der Waals surface area (Å²) >= 11 is 0. The Morgan fingerprint density at radius 2 is 1.88 bits per heavy atom. The molecule has 0 atom stereocenters. The molecule has 1 heterocycles. The van der Waals surface area contributed by atoms with Gasteiger partial charge in [0.15, 0.2) is 5.76 Å². The summed E-state index contributed by atoms with van der Waals surface area (Å²) in [6, 6.07) is 8.60. The normalized spacial score (nSPS) is 12.5. The van der Waals surface area contributed by atoms with Crippen molar-refractivity contribution in [2.75, 3.05) is 0 Å². The number of aliphatic hydroxyl groups is 1. The predicted octanol–water partition coefficient (Wildman–Crippen LogP) is 5.15. The van der Waals surface area contributed by atoms with Crippen LogP contribution in [0.25, 0.3) is 15.4 Å². The van der Waals surface area contributed by atoms with Gasteiger partial charge in [0.25, 0.3) is 5.69 Å². The van der Waals surface area contributed by atoms with E-state index in [9.17, 15) is 5.11 Å². The van der Waals surface area contributed by atoms with Gasteiger partial charge in [-0.25, -0.2) is 4.85 Å². The molecule has 24 heavy (non-hydrogen) atoms. The molecule has 0 unspecified atom stereocenters. The highest BCUT2D eigenvalue weighted by Gasteiger charge is 2.24. The number of hydrogen-bond donors (Lipinski definition) is 2. The summed E-state index contributed by atoms with van der Waals surface area (Å²) in [6.45, 7) is 20.3. The van der Waals surface area contributed by atoms with Crippen LogP contribution in [0.1, 0.15) is 32.0 Å². The fourth-order valence-electron chi connectivity index (χ4n) is 1.97. The maximum Gasteiger partial charge on any atom is 0.338 e. The average molecular weight is 320 g/mol. The van der Waals surface area contributed by atoms with Gasteiger partial charge < -0.3 is 9.95 Å². The van der Waals surface area contributed by atoms with Crippen molar-refractivity contribution in [3.05, 3.63) is 70.2 Å². The number of hydrogen-bond acceptors (Lipinski definition) is 4. The Labute approximate surface area is 140 Å². The van der Waals surface area contributed by atoms with Gasteiger partial charge >= 0.3 is 5.82 Å². The predicted molar refractivity (Wildman–Crippen MR) is 90.7 cm³/mol. The van der Waals surface area contributed by atoms with E-state index in [1.165, 1.54) is 0 Å². The fraction of sp³-hybridized carbons (Fsp3) is 0.235. The van der Waals surface area contributed by atoms with Crippen molar-refractivity contribution in [1.29, 1.82) is 0 Å². The van der Waals surface area contributed by atoms with Crippen molar-refractivity contribution < 1.29 is 5.11 Å². The molecule has 1 aromatic heterocycles. The zero-order valence-corrected chi connectivity index (χ0v) is 13.6. The fourth-order valence-corrected chi connectivity index (χ4v) is 1.97. The van der Waals surface area contributed by atoms with E-state index in [0.717, 1.165) is 0 Å². The lowest BCUT2D eigenvalue weighted by molar-refractivity contribution is 0.506. The van der Waals surface area contributed by atoms with E-state index in [2.05, 4.69) is 30.1 Å². The smallest absolute Gasteiger partial charge is 0.338 e. The molecule has 0 spiro atoms. The van der Waals surface area contributed by atoms with Crippen LogP contribution in [-0.2, 0) is 5.41 Å². The number of aliphatic hydroxyl groups excluding tert-OH is 1. The van der Waals surface area contributed by atoms with E-state index < -0.39 is 0 Å². The van der Waals surface area contributed by atoms with E-state index >= 15 is 0 Å². The van der Waals surface area contributed by atoms with E-state index in [1.54, 1.807) is 30.3 Å². The molecule has 2 N–H and O–H groups in total. The van der Waals surface area contributed by atoms with E-state index in [4.69, 9.17) is 13.1 Å². The number of benzene rings is 1. The number of azo groups is 1. The molecule has 0 saturated heterocycles. The highest BCUT2D eigenvalue weighted by atomic mass is 16.3. The van der Waals surface area contributed by atoms with Crippen molar-refractivity contribution in [2.45, 2.75) is 26.2 Å². The maximum absolute atomic E-state index is 10.1. The summed E-state index contributed by atoms with van der Waals surface area (Å²) in [5, 5.41) is 24.6. The molecule has 2 rings (SSSR count). The van der Waals surface area contributed by atoms with Crippen LogP contribution in [0.3, 0.4) is 0 Å². The first-order valence-electron chi connectivity index (χ1n) is 7.12. The summed E-state index contributed by atoms with van der Waals surface area (Å²) in [6.07, 6.45) is 0. The van der Waals surface area contributed by atoms with Gasteiger partial charge in [-0.05, 0) is 10.5 Å². The Morgan fingerprint density at radius 1 is 1.21 bits per heavy atom. The lowest BCUT2D eigenvalue weighted by atomic mass is 9.91. The molecular formula is C17H16N6O. The standard InChI is InChI=1S/C17H16N6O/c1-17(2,3)14-12(18-4)15(21-20-14)22-23-16(19-5)13(24)11-9-7-6-8-10-11/h6-10,24H,1-3H3,(H,20,21)/b16-13-,23-22+. The third-order valence-electron chi connectivity index (χ3n) is 3.19. The Kier molecular flexibility index (Phi) is 4.76. The molecule has 0 saturated carbocycles. The zero-order chi connectivity index (χ0) is 17.7. The Balaban J connectivity index is 2.42. The lowest BCUT2D eigenvalue weighted by Gasteiger charge is -2.16. The molecule has 2 aromatic rings. The minimum absolute atomic E-state index is 0.0944. The van der Waals surface area contributed by atoms with Crippen molar-refractivity contribution in [1.82, 2.24) is 10.2 Å². The third kappa shape index (κ3) is 3.47. The number of aromatic nitrogens is 2. The number of H-pyrrole nitrogens is 1. The molecule has 1 aromatic carbocycles. The highest BCUT2D eigenvalue weighted by Crippen LogP contribution is 2.37. The first-order valence-corrected chi connectivity index (χ1v) is 7.12. The van der Waals surface area contributed by atoms with Crippen molar-refractivity contribution in [2.24, 2.45) is 10.2 Å². The van der Waals surface area contributed by atoms with E-state index in [0.29, 0.717) is 11.3 Å². The zero-order valence-electron chi connectivity index (χ0n) is 13.6. The minimum Gasteiger partial charge on any atom is -0.517 e. The second kappa shape index (κ2) is 6.76. The van der Waals surface area contributed by atoms with Gasteiger partial charge in [0.2, 0.25) is 5.82 Å². The molecule has 0 radical (unpaired) electrons. The molecule has 0 bridgehead atoms. The second-order valence-electron chi connectivity index (χ2n) is 5.98. The number of aromatic amines is 1. The van der Waals surface area contributed by atoms with Crippen LogP contribution in [0.4, 0.5) is 11.5 Å². The number of rotatable bonds is 3. The van der Waals surface area contributed by atoms with Gasteiger partial charge in [-0.1, -0.05) is 57.7 Å². The summed E-state index contributed by atoms with van der Waals surface area (Å²) in [5.41, 5.74) is 1.07. The molecule has 120 valence electrons. The minimum atomic E-state index is -0.300. The summed E-state index contributed by atoms with van der Waals surface area (Å²) < 4.78 is 0. The molecule has 7 nitrogen and oxygen atoms in total. The largest absolute Gasteiger partial charge is 0.517 e.